The molecule has 0 aliphatic heterocycles. The van der Waals surface area contributed by atoms with Crippen molar-refractivity contribution in [2.24, 2.45) is 0 Å². The second kappa shape index (κ2) is 13.3. The first-order valence-electron chi connectivity index (χ1n) is 8.48. The van der Waals surface area contributed by atoms with E-state index in [2.05, 4.69) is 35.0 Å². The van der Waals surface area contributed by atoms with Crippen molar-refractivity contribution in [3.8, 4) is 0 Å². The molecule has 0 aromatic rings. The normalized spacial score (nSPS) is 11.6. The summed E-state index contributed by atoms with van der Waals surface area (Å²) in [4.78, 5) is 11.0. The molecule has 0 heterocycles. The SMILES string of the molecule is CCC[CH2][Sn]([CH2]CCC)([CH2]CCC)[S]CCNC(C)=O. The molecule has 0 aromatic carbocycles. The number of carbonyl (C=O) groups excluding carboxylic acids is 1. The second-order valence-electron chi connectivity index (χ2n) is 5.83. The van der Waals surface area contributed by atoms with Gasteiger partial charge in [-0.05, 0) is 0 Å². The van der Waals surface area contributed by atoms with Gasteiger partial charge in [0.1, 0.15) is 0 Å². The van der Waals surface area contributed by atoms with Crippen molar-refractivity contribution in [3.63, 3.8) is 0 Å². The van der Waals surface area contributed by atoms with Crippen LogP contribution in [0, 0.1) is 0 Å². The van der Waals surface area contributed by atoms with Crippen LogP contribution in [0.15, 0.2) is 0 Å². The fourth-order valence-electron chi connectivity index (χ4n) is 2.58. The average Bonchev–Trinajstić information content (AvgIpc) is 2.44. The first-order valence-corrected chi connectivity index (χ1v) is 19.0. The summed E-state index contributed by atoms with van der Waals surface area (Å²) < 4.78 is 4.65. The molecule has 120 valence electrons. The van der Waals surface area contributed by atoms with Crippen molar-refractivity contribution in [2.45, 2.75) is 79.5 Å². The first-order chi connectivity index (χ1) is 9.60. The number of carbonyl (C=O) groups is 1. The van der Waals surface area contributed by atoms with Gasteiger partial charge in [0, 0.05) is 0 Å². The maximum atomic E-state index is 11.0. The van der Waals surface area contributed by atoms with Gasteiger partial charge in [0.05, 0.1) is 0 Å². The van der Waals surface area contributed by atoms with Crippen molar-refractivity contribution in [3.05, 3.63) is 0 Å². The molecule has 1 N–H and O–H groups in total. The third kappa shape index (κ3) is 10.4. The van der Waals surface area contributed by atoms with Gasteiger partial charge in [-0.2, -0.15) is 0 Å². The Morgan fingerprint density at radius 1 is 0.950 bits per heavy atom. The molecule has 0 aliphatic carbocycles. The number of nitrogens with one attached hydrogen (secondary N) is 1. The summed E-state index contributed by atoms with van der Waals surface area (Å²) in [6, 6.07) is 0. The van der Waals surface area contributed by atoms with Crippen LogP contribution < -0.4 is 5.32 Å². The van der Waals surface area contributed by atoms with Crippen LogP contribution in [0.25, 0.3) is 0 Å². The molecular weight excluding hydrogens is 373 g/mol. The van der Waals surface area contributed by atoms with Crippen LogP contribution in [0.4, 0.5) is 0 Å². The molecule has 2 nitrogen and oxygen atoms in total. The first kappa shape index (κ1) is 20.6. The summed E-state index contributed by atoms with van der Waals surface area (Å²) >= 11 is -2.00. The monoisotopic (exact) mass is 409 g/mol. The number of amides is 1. The van der Waals surface area contributed by atoms with Gasteiger partial charge in [0.15, 0.2) is 0 Å². The number of hydrogen-bond donors (Lipinski definition) is 1. The standard InChI is InChI=1S/C4H9NOS.3C4H9.Sn/c1-4(6)5-2-3-7;3*1-3-4-2;/h7H,2-3H2,1H3,(H,5,6);3*1,3-4H2,2H3;/q;;;;+1/p-1. The molecule has 0 saturated heterocycles. The summed E-state index contributed by atoms with van der Waals surface area (Å²) in [7, 11) is 2.33. The minimum atomic E-state index is -2.00. The Morgan fingerprint density at radius 3 is 1.75 bits per heavy atom. The van der Waals surface area contributed by atoms with Crippen molar-refractivity contribution in [1.29, 1.82) is 0 Å². The van der Waals surface area contributed by atoms with Gasteiger partial charge in [-0.15, -0.1) is 0 Å². The number of unbranched alkanes of at least 4 members (excludes halogenated alkanes) is 3. The predicted molar refractivity (Wildman–Crippen MR) is 96.0 cm³/mol. The van der Waals surface area contributed by atoms with Crippen LogP contribution in [-0.4, -0.2) is 35.2 Å². The van der Waals surface area contributed by atoms with Crippen LogP contribution in [0.1, 0.15) is 66.2 Å². The van der Waals surface area contributed by atoms with Gasteiger partial charge in [0.2, 0.25) is 0 Å². The third-order valence-electron chi connectivity index (χ3n) is 3.84. The Kier molecular flexibility index (Phi) is 13.7. The molecule has 0 aliphatic rings. The summed E-state index contributed by atoms with van der Waals surface area (Å²) in [5, 5.41) is 2.96. The van der Waals surface area contributed by atoms with E-state index in [4.69, 9.17) is 0 Å². The van der Waals surface area contributed by atoms with Crippen LogP contribution in [0.2, 0.25) is 13.3 Å². The summed E-state index contributed by atoms with van der Waals surface area (Å²) in [5.74, 6) is 1.26. The molecule has 0 spiro atoms. The van der Waals surface area contributed by atoms with E-state index in [0.29, 0.717) is 0 Å². The summed E-state index contributed by atoms with van der Waals surface area (Å²) in [6.07, 6.45) is 8.29. The molecule has 0 bridgehead atoms. The van der Waals surface area contributed by atoms with Crippen LogP contribution >= 0.6 is 8.95 Å². The van der Waals surface area contributed by atoms with Crippen molar-refractivity contribution >= 4 is 31.8 Å². The summed E-state index contributed by atoms with van der Waals surface area (Å²) in [5.41, 5.74) is 0. The van der Waals surface area contributed by atoms with Crippen LogP contribution in [0.5, 0.6) is 0 Å². The fraction of sp³-hybridized carbons (Fsp3) is 0.938. The van der Waals surface area contributed by atoms with Crippen molar-refractivity contribution < 1.29 is 4.79 Å². The van der Waals surface area contributed by atoms with Crippen LogP contribution in [0.3, 0.4) is 0 Å². The Bertz CT molecular complexity index is 227. The molecule has 0 fully saturated rings. The third-order valence-corrected chi connectivity index (χ3v) is 26.8. The van der Waals surface area contributed by atoms with Gasteiger partial charge < -0.3 is 0 Å². The van der Waals surface area contributed by atoms with E-state index in [1.807, 2.05) is 0 Å². The van der Waals surface area contributed by atoms with Crippen LogP contribution in [-0.2, 0) is 4.79 Å². The maximum absolute atomic E-state index is 11.0. The molecule has 20 heavy (non-hydrogen) atoms. The van der Waals surface area contributed by atoms with Gasteiger partial charge in [-0.25, -0.2) is 0 Å². The van der Waals surface area contributed by atoms with E-state index < -0.39 is 17.0 Å². The molecule has 0 aromatic heterocycles. The molecule has 0 rings (SSSR count). The van der Waals surface area contributed by atoms with Gasteiger partial charge in [-0.3, -0.25) is 0 Å². The van der Waals surface area contributed by atoms with Gasteiger partial charge in [0.25, 0.3) is 0 Å². The second-order valence-corrected chi connectivity index (χ2v) is 25.8. The molecule has 4 heteroatoms. The topological polar surface area (TPSA) is 29.1 Å². The van der Waals surface area contributed by atoms with E-state index in [9.17, 15) is 4.79 Å². The fourth-order valence-corrected chi connectivity index (χ4v) is 25.5. The number of hydrogen-bond acceptors (Lipinski definition) is 2. The van der Waals surface area contributed by atoms with E-state index in [1.54, 1.807) is 20.2 Å². The molecule has 0 saturated carbocycles. The minimum absolute atomic E-state index is 0.113. The molecule has 0 atom stereocenters. The van der Waals surface area contributed by atoms with E-state index in [0.717, 1.165) is 12.3 Å². The van der Waals surface area contributed by atoms with E-state index in [-0.39, 0.29) is 5.91 Å². The Hall–Kier alpha value is 0.619. The zero-order valence-electron chi connectivity index (χ0n) is 14.1. The molecule has 1 amide bonds. The Morgan fingerprint density at radius 2 is 1.40 bits per heavy atom. The number of rotatable bonds is 13. The molecule has 0 unspecified atom stereocenters. The van der Waals surface area contributed by atoms with Crippen molar-refractivity contribution in [1.82, 2.24) is 5.32 Å². The van der Waals surface area contributed by atoms with E-state index in [1.165, 1.54) is 38.5 Å². The van der Waals surface area contributed by atoms with Crippen molar-refractivity contribution in [2.75, 3.05) is 12.3 Å². The van der Waals surface area contributed by atoms with Gasteiger partial charge >= 0.3 is 134 Å². The zero-order chi connectivity index (χ0) is 15.3. The molecular formula is C16H35NOSSn. The molecule has 0 radical (unpaired) electrons. The quantitative estimate of drug-likeness (QED) is 0.335. The Balaban J connectivity index is 4.44. The zero-order valence-corrected chi connectivity index (χ0v) is 17.8. The predicted octanol–water partition coefficient (Wildman–Crippen LogP) is 5.20. The summed E-state index contributed by atoms with van der Waals surface area (Å²) in [6.45, 7) is 9.43. The van der Waals surface area contributed by atoms with Gasteiger partial charge in [-0.1, -0.05) is 0 Å². The average molecular weight is 408 g/mol. The Labute approximate surface area is 133 Å². The van der Waals surface area contributed by atoms with E-state index >= 15 is 0 Å².